The molecule has 2 aliphatic rings. The van der Waals surface area contributed by atoms with Crippen LogP contribution in [0.5, 0.6) is 0 Å². The van der Waals surface area contributed by atoms with Crippen molar-refractivity contribution in [1.82, 2.24) is 8.61 Å². The van der Waals surface area contributed by atoms with Crippen LogP contribution in [0.4, 0.5) is 0 Å². The maximum Gasteiger partial charge on any atom is 0.282 e. The first-order valence-corrected chi connectivity index (χ1v) is 9.46. The van der Waals surface area contributed by atoms with E-state index in [1.165, 1.54) is 6.42 Å². The zero-order valence-corrected chi connectivity index (χ0v) is 13.4. The van der Waals surface area contributed by atoms with Crippen LogP contribution in [0.1, 0.15) is 51.9 Å². The molecule has 1 saturated carbocycles. The SMILES string of the molecule is CCN(C1CCCCC1)S(=O)(=O)N1CCC(CN)CC1. The first-order valence-electron chi connectivity index (χ1n) is 8.06. The van der Waals surface area contributed by atoms with Crippen LogP contribution in [0.2, 0.25) is 0 Å². The second-order valence-electron chi connectivity index (χ2n) is 6.08. The molecular weight excluding hydrogens is 274 g/mol. The van der Waals surface area contributed by atoms with Crippen molar-refractivity contribution in [3.05, 3.63) is 0 Å². The van der Waals surface area contributed by atoms with Crippen LogP contribution in [-0.4, -0.2) is 49.2 Å². The molecule has 20 heavy (non-hydrogen) atoms. The van der Waals surface area contributed by atoms with Gasteiger partial charge in [0.05, 0.1) is 0 Å². The topological polar surface area (TPSA) is 66.6 Å². The lowest BCUT2D eigenvalue weighted by Gasteiger charge is -2.38. The predicted octanol–water partition coefficient (Wildman–Crippen LogP) is 1.56. The van der Waals surface area contributed by atoms with Gasteiger partial charge < -0.3 is 5.73 Å². The minimum absolute atomic E-state index is 0.214. The zero-order chi connectivity index (χ0) is 14.6. The van der Waals surface area contributed by atoms with E-state index < -0.39 is 10.2 Å². The van der Waals surface area contributed by atoms with Crippen molar-refractivity contribution >= 4 is 10.2 Å². The lowest BCUT2D eigenvalue weighted by atomic mass is 9.95. The summed E-state index contributed by atoms with van der Waals surface area (Å²) in [6.07, 6.45) is 7.41. The molecular formula is C14H29N3O2S. The van der Waals surface area contributed by atoms with E-state index in [0.29, 0.717) is 32.1 Å². The highest BCUT2D eigenvalue weighted by molar-refractivity contribution is 7.86. The predicted molar refractivity (Wildman–Crippen MR) is 81.5 cm³/mol. The Bertz CT molecular complexity index is 385. The maximum absolute atomic E-state index is 12.8. The van der Waals surface area contributed by atoms with Crippen molar-refractivity contribution in [2.45, 2.75) is 57.9 Å². The number of piperidine rings is 1. The molecule has 2 rings (SSSR count). The van der Waals surface area contributed by atoms with Gasteiger partial charge in [-0.3, -0.25) is 0 Å². The van der Waals surface area contributed by atoms with Gasteiger partial charge in [-0.25, -0.2) is 0 Å². The number of nitrogens with zero attached hydrogens (tertiary/aromatic N) is 2. The molecule has 0 spiro atoms. The largest absolute Gasteiger partial charge is 0.330 e. The molecule has 5 nitrogen and oxygen atoms in total. The van der Waals surface area contributed by atoms with Crippen LogP contribution in [0.3, 0.4) is 0 Å². The summed E-state index contributed by atoms with van der Waals surface area (Å²) in [6, 6.07) is 0.214. The van der Waals surface area contributed by atoms with E-state index in [1.54, 1.807) is 8.61 Å². The van der Waals surface area contributed by atoms with Gasteiger partial charge in [0.15, 0.2) is 0 Å². The van der Waals surface area contributed by atoms with Gasteiger partial charge in [0, 0.05) is 25.7 Å². The Hall–Kier alpha value is -0.170. The van der Waals surface area contributed by atoms with Crippen molar-refractivity contribution < 1.29 is 8.42 Å². The number of rotatable bonds is 5. The van der Waals surface area contributed by atoms with Gasteiger partial charge in [-0.1, -0.05) is 26.2 Å². The summed E-state index contributed by atoms with van der Waals surface area (Å²) in [5.74, 6) is 0.492. The first-order chi connectivity index (χ1) is 9.59. The molecule has 1 saturated heterocycles. The van der Waals surface area contributed by atoms with E-state index >= 15 is 0 Å². The smallest absolute Gasteiger partial charge is 0.282 e. The minimum atomic E-state index is -3.28. The van der Waals surface area contributed by atoms with Crippen LogP contribution >= 0.6 is 0 Å². The van der Waals surface area contributed by atoms with Crippen molar-refractivity contribution in [2.24, 2.45) is 11.7 Å². The molecule has 118 valence electrons. The normalized spacial score (nSPS) is 24.4. The van der Waals surface area contributed by atoms with Crippen LogP contribution in [0.25, 0.3) is 0 Å². The van der Waals surface area contributed by atoms with E-state index in [0.717, 1.165) is 38.5 Å². The number of nitrogens with two attached hydrogens (primary N) is 1. The van der Waals surface area contributed by atoms with Crippen molar-refractivity contribution in [2.75, 3.05) is 26.2 Å². The molecule has 0 aromatic rings. The summed E-state index contributed by atoms with van der Waals surface area (Å²) in [6.45, 7) is 4.48. The fourth-order valence-corrected chi connectivity index (χ4v) is 5.39. The summed E-state index contributed by atoms with van der Waals surface area (Å²) in [5, 5.41) is 0. The Balaban J connectivity index is 2.03. The van der Waals surface area contributed by atoms with Gasteiger partial charge in [-0.05, 0) is 38.1 Å². The standard InChI is InChI=1S/C14H29N3O2S/c1-2-17(14-6-4-3-5-7-14)20(18,19)16-10-8-13(12-15)9-11-16/h13-14H,2-12,15H2,1H3. The third-order valence-electron chi connectivity index (χ3n) is 4.82. The summed E-state index contributed by atoms with van der Waals surface area (Å²) in [7, 11) is -3.28. The lowest BCUT2D eigenvalue weighted by molar-refractivity contribution is 0.219. The summed E-state index contributed by atoms with van der Waals surface area (Å²) >= 11 is 0. The molecule has 0 amide bonds. The quantitative estimate of drug-likeness (QED) is 0.838. The summed E-state index contributed by atoms with van der Waals surface area (Å²) in [4.78, 5) is 0. The monoisotopic (exact) mass is 303 g/mol. The zero-order valence-electron chi connectivity index (χ0n) is 12.6. The van der Waals surface area contributed by atoms with Crippen molar-refractivity contribution in [1.29, 1.82) is 0 Å². The van der Waals surface area contributed by atoms with Crippen molar-refractivity contribution in [3.63, 3.8) is 0 Å². The average Bonchev–Trinajstić information content (AvgIpc) is 2.49. The number of hydrogen-bond acceptors (Lipinski definition) is 3. The van der Waals surface area contributed by atoms with E-state index in [2.05, 4.69) is 0 Å². The highest BCUT2D eigenvalue weighted by Gasteiger charge is 2.36. The highest BCUT2D eigenvalue weighted by atomic mass is 32.2. The van der Waals surface area contributed by atoms with Crippen LogP contribution in [0, 0.1) is 5.92 Å². The Labute approximate surface area is 123 Å². The average molecular weight is 303 g/mol. The molecule has 1 aliphatic carbocycles. The molecule has 0 aromatic carbocycles. The van der Waals surface area contributed by atoms with Gasteiger partial charge in [0.2, 0.25) is 0 Å². The molecule has 0 atom stereocenters. The molecule has 0 radical (unpaired) electrons. The van der Waals surface area contributed by atoms with Gasteiger partial charge in [0.1, 0.15) is 0 Å². The van der Waals surface area contributed by atoms with E-state index in [4.69, 9.17) is 5.73 Å². The van der Waals surface area contributed by atoms with E-state index in [9.17, 15) is 8.42 Å². The second kappa shape index (κ2) is 7.20. The number of hydrogen-bond donors (Lipinski definition) is 1. The molecule has 0 unspecified atom stereocenters. The van der Waals surface area contributed by atoms with Crippen LogP contribution in [0.15, 0.2) is 0 Å². The Morgan fingerprint density at radius 1 is 1.10 bits per heavy atom. The molecule has 2 fully saturated rings. The highest BCUT2D eigenvalue weighted by Crippen LogP contribution is 2.27. The summed E-state index contributed by atoms with van der Waals surface area (Å²) < 4.78 is 29.1. The Morgan fingerprint density at radius 3 is 2.20 bits per heavy atom. The van der Waals surface area contributed by atoms with Crippen LogP contribution in [-0.2, 0) is 10.2 Å². The summed E-state index contributed by atoms with van der Waals surface area (Å²) in [5.41, 5.74) is 5.68. The third-order valence-corrected chi connectivity index (χ3v) is 6.99. The van der Waals surface area contributed by atoms with Gasteiger partial charge >= 0.3 is 0 Å². The van der Waals surface area contributed by atoms with E-state index in [-0.39, 0.29) is 6.04 Å². The first kappa shape index (κ1) is 16.2. The third kappa shape index (κ3) is 3.53. The van der Waals surface area contributed by atoms with Gasteiger partial charge in [-0.15, -0.1) is 0 Å². The van der Waals surface area contributed by atoms with E-state index in [1.807, 2.05) is 6.92 Å². The molecule has 0 bridgehead atoms. The fraction of sp³-hybridized carbons (Fsp3) is 1.00. The van der Waals surface area contributed by atoms with Crippen molar-refractivity contribution in [3.8, 4) is 0 Å². The molecule has 2 N–H and O–H groups in total. The molecule has 1 aliphatic heterocycles. The molecule has 6 heteroatoms. The Kier molecular flexibility index (Phi) is 5.84. The Morgan fingerprint density at radius 2 is 1.70 bits per heavy atom. The second-order valence-corrected chi connectivity index (χ2v) is 7.96. The molecule has 1 heterocycles. The molecule has 0 aromatic heterocycles. The maximum atomic E-state index is 12.8. The van der Waals surface area contributed by atoms with Gasteiger partial charge in [-0.2, -0.15) is 17.0 Å². The minimum Gasteiger partial charge on any atom is -0.330 e. The van der Waals surface area contributed by atoms with Crippen LogP contribution < -0.4 is 5.73 Å². The van der Waals surface area contributed by atoms with Gasteiger partial charge in [0.25, 0.3) is 10.2 Å². The fourth-order valence-electron chi connectivity index (χ4n) is 3.50. The lowest BCUT2D eigenvalue weighted by Crippen LogP contribution is -2.51.